The van der Waals surface area contributed by atoms with Gasteiger partial charge in [0, 0.05) is 6.54 Å². The summed E-state index contributed by atoms with van der Waals surface area (Å²) in [6, 6.07) is 1.17. The third-order valence-corrected chi connectivity index (χ3v) is 4.61. The zero-order valence-electron chi connectivity index (χ0n) is 14.0. The van der Waals surface area contributed by atoms with Gasteiger partial charge >= 0.3 is 0 Å². The minimum atomic E-state index is -3.88. The normalized spacial score (nSPS) is 18.4. The molecule has 1 saturated heterocycles. The molecule has 140 valence electrons. The lowest BCUT2D eigenvalue weighted by molar-refractivity contribution is -0.140. The summed E-state index contributed by atoms with van der Waals surface area (Å²) in [6.07, 6.45) is 0.751. The molecule has 2 rings (SSSR count). The van der Waals surface area contributed by atoms with Gasteiger partial charge in [-0.1, -0.05) is 11.6 Å². The Morgan fingerprint density at radius 3 is 2.88 bits per heavy atom. The average Bonchev–Trinajstić information content (AvgIpc) is 2.52. The van der Waals surface area contributed by atoms with Gasteiger partial charge in [0.05, 0.1) is 25.9 Å². The summed E-state index contributed by atoms with van der Waals surface area (Å²) < 4.78 is 33.6. The second-order valence-electron chi connectivity index (χ2n) is 5.88. The summed E-state index contributed by atoms with van der Waals surface area (Å²) >= 11 is 5.97. The van der Waals surface area contributed by atoms with Crippen LogP contribution in [0.25, 0.3) is 0 Å². The van der Waals surface area contributed by atoms with Crippen molar-refractivity contribution in [1.82, 2.24) is 14.8 Å². The molecule has 0 bridgehead atoms. The van der Waals surface area contributed by atoms with Crippen molar-refractivity contribution in [2.75, 3.05) is 46.9 Å². The first-order valence-corrected chi connectivity index (χ1v) is 9.44. The third kappa shape index (κ3) is 5.79. The Labute approximate surface area is 151 Å². The van der Waals surface area contributed by atoms with Gasteiger partial charge in [-0.15, -0.1) is 0 Å². The molecule has 0 aromatic carbocycles. The second-order valence-corrected chi connectivity index (χ2v) is 7.85. The Bertz CT molecular complexity index is 728. The van der Waals surface area contributed by atoms with Crippen LogP contribution in [-0.2, 0) is 19.6 Å². The summed E-state index contributed by atoms with van der Waals surface area (Å²) in [7, 11) is -0.217. The van der Waals surface area contributed by atoms with Crippen LogP contribution >= 0.6 is 11.6 Å². The molecular formula is C14H21ClN4O5S. The standard InChI is InChI=1S/C14H21ClN4O5S/c1-18(2)8-13(20)19-3-4-23-10(7-19)9-24-14-12(15)5-11(6-17-14)25(16,21)22/h5-6,10H,3-4,7-9H2,1-2H3,(H2,16,21,22). The van der Waals surface area contributed by atoms with E-state index in [-0.39, 0.29) is 34.4 Å². The first-order valence-electron chi connectivity index (χ1n) is 7.52. The van der Waals surface area contributed by atoms with Gasteiger partial charge in [-0.2, -0.15) is 0 Å². The maximum absolute atomic E-state index is 12.1. The minimum Gasteiger partial charge on any atom is -0.474 e. The molecule has 1 aliphatic heterocycles. The van der Waals surface area contributed by atoms with Crippen LogP contribution in [0.15, 0.2) is 17.2 Å². The largest absolute Gasteiger partial charge is 0.474 e. The van der Waals surface area contributed by atoms with Crippen LogP contribution in [-0.4, -0.2) is 82.2 Å². The van der Waals surface area contributed by atoms with Crippen molar-refractivity contribution in [3.8, 4) is 5.88 Å². The van der Waals surface area contributed by atoms with Crippen molar-refractivity contribution in [1.29, 1.82) is 0 Å². The predicted molar refractivity (Wildman–Crippen MR) is 91.0 cm³/mol. The molecular weight excluding hydrogens is 372 g/mol. The number of hydrogen-bond acceptors (Lipinski definition) is 7. The number of likely N-dealkylation sites (N-methyl/N-ethyl adjacent to an activating group) is 1. The Kier molecular flexibility index (Phi) is 6.58. The number of carbonyl (C=O) groups is 1. The highest BCUT2D eigenvalue weighted by Crippen LogP contribution is 2.24. The molecule has 25 heavy (non-hydrogen) atoms. The Hall–Kier alpha value is -1.46. The zero-order valence-corrected chi connectivity index (χ0v) is 15.6. The van der Waals surface area contributed by atoms with Gasteiger partial charge in [0.25, 0.3) is 0 Å². The molecule has 1 aromatic heterocycles. The number of morpholine rings is 1. The molecule has 2 N–H and O–H groups in total. The fourth-order valence-corrected chi connectivity index (χ4v) is 3.03. The van der Waals surface area contributed by atoms with Crippen LogP contribution in [0.2, 0.25) is 5.02 Å². The number of rotatable bonds is 6. The van der Waals surface area contributed by atoms with Crippen molar-refractivity contribution in [2.45, 2.75) is 11.0 Å². The number of ether oxygens (including phenoxy) is 2. The number of amides is 1. The first kappa shape index (κ1) is 19.9. The predicted octanol–water partition coefficient (Wildman–Crippen LogP) is -0.450. The van der Waals surface area contributed by atoms with E-state index < -0.39 is 10.0 Å². The number of carbonyl (C=O) groups excluding carboxylic acids is 1. The lowest BCUT2D eigenvalue weighted by atomic mass is 10.2. The number of halogens is 1. The summed E-state index contributed by atoms with van der Waals surface area (Å²) in [5, 5.41) is 5.05. The molecule has 1 aromatic rings. The molecule has 0 spiro atoms. The van der Waals surface area contributed by atoms with E-state index >= 15 is 0 Å². The number of primary sulfonamides is 1. The molecule has 0 aliphatic carbocycles. The summed E-state index contributed by atoms with van der Waals surface area (Å²) in [4.78, 5) is 19.3. The first-order chi connectivity index (χ1) is 11.7. The summed E-state index contributed by atoms with van der Waals surface area (Å²) in [6.45, 7) is 1.81. The molecule has 1 fully saturated rings. The van der Waals surface area contributed by atoms with Crippen molar-refractivity contribution >= 4 is 27.5 Å². The van der Waals surface area contributed by atoms with E-state index in [1.165, 1.54) is 6.07 Å². The fraction of sp³-hybridized carbons (Fsp3) is 0.571. The van der Waals surface area contributed by atoms with Crippen LogP contribution in [0.3, 0.4) is 0 Å². The van der Waals surface area contributed by atoms with Gasteiger partial charge in [0.2, 0.25) is 21.8 Å². The van der Waals surface area contributed by atoms with E-state index in [0.717, 1.165) is 6.20 Å². The van der Waals surface area contributed by atoms with E-state index in [9.17, 15) is 13.2 Å². The number of nitrogens with zero attached hydrogens (tertiary/aromatic N) is 3. The van der Waals surface area contributed by atoms with Gasteiger partial charge in [0.1, 0.15) is 22.6 Å². The Balaban J connectivity index is 1.94. The lowest BCUT2D eigenvalue weighted by Gasteiger charge is -2.33. The molecule has 11 heteroatoms. The number of pyridine rings is 1. The van der Waals surface area contributed by atoms with Crippen molar-refractivity contribution < 1.29 is 22.7 Å². The fourth-order valence-electron chi connectivity index (χ4n) is 2.26. The topological polar surface area (TPSA) is 115 Å². The quantitative estimate of drug-likeness (QED) is 0.697. The monoisotopic (exact) mass is 392 g/mol. The van der Waals surface area contributed by atoms with Gasteiger partial charge < -0.3 is 19.3 Å². The van der Waals surface area contributed by atoms with E-state index in [1.807, 2.05) is 14.1 Å². The van der Waals surface area contributed by atoms with Crippen LogP contribution in [0.4, 0.5) is 0 Å². The molecule has 9 nitrogen and oxygen atoms in total. The summed E-state index contributed by atoms with van der Waals surface area (Å²) in [5.41, 5.74) is 0. The molecule has 0 radical (unpaired) electrons. The van der Waals surface area contributed by atoms with Crippen molar-refractivity contribution in [2.24, 2.45) is 5.14 Å². The minimum absolute atomic E-state index is 0.0203. The molecule has 1 atom stereocenters. The second kappa shape index (κ2) is 8.28. The highest BCUT2D eigenvalue weighted by atomic mass is 35.5. The average molecular weight is 393 g/mol. The Morgan fingerprint density at radius 1 is 1.56 bits per heavy atom. The third-order valence-electron chi connectivity index (χ3n) is 3.46. The number of aromatic nitrogens is 1. The van der Waals surface area contributed by atoms with Crippen LogP contribution in [0.1, 0.15) is 0 Å². The number of hydrogen-bond donors (Lipinski definition) is 1. The SMILES string of the molecule is CN(C)CC(=O)N1CCOC(COc2ncc(S(N)(=O)=O)cc2Cl)C1. The van der Waals surface area contributed by atoms with Gasteiger partial charge in [-0.3, -0.25) is 4.79 Å². The lowest BCUT2D eigenvalue weighted by Crippen LogP contribution is -2.49. The Morgan fingerprint density at radius 2 is 2.28 bits per heavy atom. The van der Waals surface area contributed by atoms with Crippen LogP contribution in [0, 0.1) is 0 Å². The van der Waals surface area contributed by atoms with Gasteiger partial charge in [0.15, 0.2) is 0 Å². The van der Waals surface area contributed by atoms with Crippen molar-refractivity contribution in [3.63, 3.8) is 0 Å². The molecule has 0 saturated carbocycles. The highest BCUT2D eigenvalue weighted by molar-refractivity contribution is 7.89. The smallest absolute Gasteiger partial charge is 0.239 e. The molecule has 2 heterocycles. The molecule has 1 aliphatic rings. The highest BCUT2D eigenvalue weighted by Gasteiger charge is 2.25. The van der Waals surface area contributed by atoms with E-state index in [4.69, 9.17) is 26.2 Å². The number of sulfonamides is 1. The molecule has 1 amide bonds. The maximum atomic E-state index is 12.1. The van der Waals surface area contributed by atoms with E-state index in [0.29, 0.717) is 26.2 Å². The van der Waals surface area contributed by atoms with Gasteiger partial charge in [-0.25, -0.2) is 18.5 Å². The summed E-state index contributed by atoms with van der Waals surface area (Å²) in [5.74, 6) is 0.0985. The van der Waals surface area contributed by atoms with Crippen LogP contribution < -0.4 is 9.88 Å². The number of nitrogens with two attached hydrogens (primary N) is 1. The maximum Gasteiger partial charge on any atom is 0.239 e. The zero-order chi connectivity index (χ0) is 18.6. The molecule has 1 unspecified atom stereocenters. The van der Waals surface area contributed by atoms with Gasteiger partial charge in [-0.05, 0) is 20.2 Å². The van der Waals surface area contributed by atoms with E-state index in [1.54, 1.807) is 9.80 Å². The van der Waals surface area contributed by atoms with E-state index in [2.05, 4.69) is 4.98 Å². The van der Waals surface area contributed by atoms with Crippen LogP contribution in [0.5, 0.6) is 5.88 Å². The van der Waals surface area contributed by atoms with Crippen molar-refractivity contribution in [3.05, 3.63) is 17.3 Å².